The molecule has 0 spiro atoms. The number of carbonyl (C=O) groups is 1. The van der Waals surface area contributed by atoms with E-state index in [0.29, 0.717) is 17.0 Å². The van der Waals surface area contributed by atoms with E-state index in [0.717, 1.165) is 19.4 Å². The normalized spacial score (nSPS) is 23.0. The van der Waals surface area contributed by atoms with Gasteiger partial charge in [0.2, 0.25) is 5.89 Å². The van der Waals surface area contributed by atoms with Crippen molar-refractivity contribution in [3.8, 4) is 0 Å². The molecule has 3 rings (SSSR count). The standard InChI is InChI=1S/C14H15NO4/c1-2-11-9(5-6-18-11)13-15-10-7-8(14(16)17)3-4-12(10)19-13/h3-4,7,9,11H,2,5-6H2,1H3,(H,16,17). The molecule has 5 heteroatoms. The molecular weight excluding hydrogens is 246 g/mol. The second-order valence-corrected chi connectivity index (χ2v) is 4.75. The number of ether oxygens (including phenoxy) is 1. The van der Waals surface area contributed by atoms with E-state index >= 15 is 0 Å². The molecule has 2 heterocycles. The lowest BCUT2D eigenvalue weighted by molar-refractivity contribution is 0.0697. The highest BCUT2D eigenvalue weighted by molar-refractivity contribution is 5.91. The van der Waals surface area contributed by atoms with Gasteiger partial charge in [-0.25, -0.2) is 9.78 Å². The molecule has 19 heavy (non-hydrogen) atoms. The molecule has 5 nitrogen and oxygen atoms in total. The van der Waals surface area contributed by atoms with E-state index in [2.05, 4.69) is 11.9 Å². The monoisotopic (exact) mass is 261 g/mol. The third kappa shape index (κ3) is 2.10. The summed E-state index contributed by atoms with van der Waals surface area (Å²) in [6.07, 6.45) is 1.97. The number of carboxylic acid groups (broad SMARTS) is 1. The highest BCUT2D eigenvalue weighted by Gasteiger charge is 2.32. The van der Waals surface area contributed by atoms with Gasteiger partial charge < -0.3 is 14.3 Å². The van der Waals surface area contributed by atoms with Gasteiger partial charge in [-0.3, -0.25) is 0 Å². The van der Waals surface area contributed by atoms with Gasteiger partial charge in [0.15, 0.2) is 5.58 Å². The Hall–Kier alpha value is -1.88. The number of benzene rings is 1. The van der Waals surface area contributed by atoms with E-state index in [1.807, 2.05) is 0 Å². The highest BCUT2D eigenvalue weighted by Crippen LogP contribution is 2.34. The van der Waals surface area contributed by atoms with E-state index in [1.54, 1.807) is 12.1 Å². The number of hydrogen-bond donors (Lipinski definition) is 1. The van der Waals surface area contributed by atoms with E-state index < -0.39 is 5.97 Å². The maximum atomic E-state index is 10.9. The summed E-state index contributed by atoms with van der Waals surface area (Å²) < 4.78 is 11.4. The van der Waals surface area contributed by atoms with Gasteiger partial charge >= 0.3 is 5.97 Å². The average molecular weight is 261 g/mol. The van der Waals surface area contributed by atoms with E-state index in [4.69, 9.17) is 14.3 Å². The molecule has 2 atom stereocenters. The van der Waals surface area contributed by atoms with Crippen molar-refractivity contribution >= 4 is 17.1 Å². The Morgan fingerprint density at radius 2 is 2.37 bits per heavy atom. The molecule has 1 aromatic heterocycles. The number of carboxylic acids is 1. The maximum Gasteiger partial charge on any atom is 0.335 e. The number of nitrogens with zero attached hydrogens (tertiary/aromatic N) is 1. The Kier molecular flexibility index (Phi) is 2.98. The van der Waals surface area contributed by atoms with E-state index in [-0.39, 0.29) is 17.6 Å². The lowest BCUT2D eigenvalue weighted by atomic mass is 10.00. The fourth-order valence-corrected chi connectivity index (χ4v) is 2.57. The summed E-state index contributed by atoms with van der Waals surface area (Å²) in [5.41, 5.74) is 1.44. The van der Waals surface area contributed by atoms with Crippen LogP contribution >= 0.6 is 0 Å². The van der Waals surface area contributed by atoms with Crippen LogP contribution in [0.4, 0.5) is 0 Å². The van der Waals surface area contributed by atoms with Gasteiger partial charge in [0.25, 0.3) is 0 Å². The number of aromatic nitrogens is 1. The van der Waals surface area contributed by atoms with Crippen LogP contribution in [-0.4, -0.2) is 28.8 Å². The first-order chi connectivity index (χ1) is 9.19. The SMILES string of the molecule is CCC1OCCC1c1nc2cc(C(=O)O)ccc2o1. The molecular formula is C14H15NO4. The van der Waals surface area contributed by atoms with Crippen LogP contribution in [-0.2, 0) is 4.74 Å². The lowest BCUT2D eigenvalue weighted by Gasteiger charge is -2.12. The minimum absolute atomic E-state index is 0.145. The molecule has 0 saturated carbocycles. The molecule has 0 radical (unpaired) electrons. The zero-order chi connectivity index (χ0) is 13.4. The third-order valence-electron chi connectivity index (χ3n) is 3.58. The Bertz CT molecular complexity index is 619. The molecule has 0 bridgehead atoms. The predicted octanol–water partition coefficient (Wildman–Crippen LogP) is 2.81. The second-order valence-electron chi connectivity index (χ2n) is 4.75. The summed E-state index contributed by atoms with van der Waals surface area (Å²) in [7, 11) is 0. The minimum atomic E-state index is -0.956. The average Bonchev–Trinajstić information content (AvgIpc) is 3.03. The largest absolute Gasteiger partial charge is 0.478 e. The highest BCUT2D eigenvalue weighted by atomic mass is 16.5. The van der Waals surface area contributed by atoms with Crippen LogP contribution in [0.1, 0.15) is 41.9 Å². The first kappa shape index (κ1) is 12.2. The molecule has 100 valence electrons. The van der Waals surface area contributed by atoms with Crippen molar-refractivity contribution in [1.29, 1.82) is 0 Å². The van der Waals surface area contributed by atoms with Crippen molar-refractivity contribution in [3.05, 3.63) is 29.7 Å². The predicted molar refractivity (Wildman–Crippen MR) is 68.4 cm³/mol. The van der Waals surface area contributed by atoms with Crippen molar-refractivity contribution in [2.75, 3.05) is 6.61 Å². The van der Waals surface area contributed by atoms with Gasteiger partial charge in [-0.15, -0.1) is 0 Å². The molecule has 1 aromatic carbocycles. The lowest BCUT2D eigenvalue weighted by Crippen LogP contribution is -2.12. The van der Waals surface area contributed by atoms with Gasteiger partial charge in [-0.2, -0.15) is 0 Å². The van der Waals surface area contributed by atoms with Gasteiger partial charge in [0, 0.05) is 6.61 Å². The number of rotatable bonds is 3. The smallest absolute Gasteiger partial charge is 0.335 e. The van der Waals surface area contributed by atoms with Crippen LogP contribution in [0, 0.1) is 0 Å². The Morgan fingerprint density at radius 3 is 3.11 bits per heavy atom. The third-order valence-corrected chi connectivity index (χ3v) is 3.58. The topological polar surface area (TPSA) is 72.6 Å². The van der Waals surface area contributed by atoms with Crippen molar-refractivity contribution in [3.63, 3.8) is 0 Å². The summed E-state index contributed by atoms with van der Waals surface area (Å²) in [6, 6.07) is 4.73. The first-order valence-corrected chi connectivity index (χ1v) is 6.44. The van der Waals surface area contributed by atoms with Crippen molar-refractivity contribution in [2.24, 2.45) is 0 Å². The molecule has 1 aliphatic heterocycles. The summed E-state index contributed by atoms with van der Waals surface area (Å²) in [5.74, 6) is -0.130. The number of aromatic carboxylic acids is 1. The Labute approximate surface area is 110 Å². The van der Waals surface area contributed by atoms with Gasteiger partial charge in [-0.1, -0.05) is 6.92 Å². The fraction of sp³-hybridized carbons (Fsp3) is 0.429. The van der Waals surface area contributed by atoms with Crippen molar-refractivity contribution < 1.29 is 19.1 Å². The minimum Gasteiger partial charge on any atom is -0.478 e. The van der Waals surface area contributed by atoms with Crippen LogP contribution in [0.3, 0.4) is 0 Å². The van der Waals surface area contributed by atoms with E-state index in [9.17, 15) is 4.79 Å². The van der Waals surface area contributed by atoms with Gasteiger partial charge in [0.05, 0.1) is 17.6 Å². The molecule has 2 unspecified atom stereocenters. The van der Waals surface area contributed by atoms with Crippen molar-refractivity contribution in [1.82, 2.24) is 4.98 Å². The quantitative estimate of drug-likeness (QED) is 0.919. The fourth-order valence-electron chi connectivity index (χ4n) is 2.57. The summed E-state index contributed by atoms with van der Waals surface area (Å²) in [5, 5.41) is 8.96. The summed E-state index contributed by atoms with van der Waals surface area (Å²) in [4.78, 5) is 15.4. The summed E-state index contributed by atoms with van der Waals surface area (Å²) in [6.45, 7) is 2.80. The van der Waals surface area contributed by atoms with Gasteiger partial charge in [-0.05, 0) is 31.0 Å². The van der Waals surface area contributed by atoms with Crippen LogP contribution in [0.15, 0.2) is 22.6 Å². The molecule has 1 aliphatic rings. The molecule has 2 aromatic rings. The second kappa shape index (κ2) is 4.66. The number of hydrogen-bond acceptors (Lipinski definition) is 4. The van der Waals surface area contributed by atoms with Crippen LogP contribution < -0.4 is 0 Å². The van der Waals surface area contributed by atoms with Crippen LogP contribution in [0.25, 0.3) is 11.1 Å². The molecule has 0 aliphatic carbocycles. The number of fused-ring (bicyclic) bond motifs is 1. The zero-order valence-corrected chi connectivity index (χ0v) is 10.6. The Morgan fingerprint density at radius 1 is 1.53 bits per heavy atom. The number of oxazole rings is 1. The van der Waals surface area contributed by atoms with Crippen LogP contribution in [0.2, 0.25) is 0 Å². The molecule has 1 fully saturated rings. The van der Waals surface area contributed by atoms with Gasteiger partial charge in [0.1, 0.15) is 5.52 Å². The first-order valence-electron chi connectivity index (χ1n) is 6.44. The van der Waals surface area contributed by atoms with Crippen LogP contribution in [0.5, 0.6) is 0 Å². The molecule has 1 N–H and O–H groups in total. The zero-order valence-electron chi connectivity index (χ0n) is 10.6. The maximum absolute atomic E-state index is 10.9. The molecule has 1 saturated heterocycles. The van der Waals surface area contributed by atoms with Crippen molar-refractivity contribution in [2.45, 2.75) is 31.8 Å². The Balaban J connectivity index is 1.99. The van der Waals surface area contributed by atoms with E-state index in [1.165, 1.54) is 6.07 Å². The summed E-state index contributed by atoms with van der Waals surface area (Å²) >= 11 is 0. The molecule has 0 amide bonds.